The first-order valence-electron chi connectivity index (χ1n) is 7.98. The number of nitrogens with one attached hydrogen (secondary N) is 1. The van der Waals surface area contributed by atoms with Crippen LogP contribution in [0.3, 0.4) is 0 Å². The van der Waals surface area contributed by atoms with Gasteiger partial charge < -0.3 is 5.32 Å². The van der Waals surface area contributed by atoms with Crippen LogP contribution in [-0.4, -0.2) is 12.1 Å². The SMILES string of the molecule is CC(C)(C)NCCC1(CCc2cc(Br)c(Br)s2)CCCC1. The van der Waals surface area contributed by atoms with Gasteiger partial charge >= 0.3 is 0 Å². The Morgan fingerprint density at radius 1 is 1.19 bits per heavy atom. The van der Waals surface area contributed by atoms with Gasteiger partial charge in [-0.15, -0.1) is 11.3 Å². The highest BCUT2D eigenvalue weighted by Gasteiger charge is 2.33. The topological polar surface area (TPSA) is 12.0 Å². The first-order valence-corrected chi connectivity index (χ1v) is 10.4. The van der Waals surface area contributed by atoms with Crippen LogP contribution in [0.25, 0.3) is 0 Å². The highest BCUT2D eigenvalue weighted by atomic mass is 79.9. The molecule has 0 unspecified atom stereocenters. The van der Waals surface area contributed by atoms with Gasteiger partial charge in [0, 0.05) is 14.9 Å². The van der Waals surface area contributed by atoms with Gasteiger partial charge in [-0.25, -0.2) is 0 Å². The zero-order chi connectivity index (χ0) is 15.5. The molecular weight excluding hydrogens is 410 g/mol. The van der Waals surface area contributed by atoms with Crippen molar-refractivity contribution in [2.24, 2.45) is 5.41 Å². The fourth-order valence-corrected chi connectivity index (χ4v) is 5.53. The number of rotatable bonds is 6. The lowest BCUT2D eigenvalue weighted by Crippen LogP contribution is -2.38. The van der Waals surface area contributed by atoms with Gasteiger partial charge in [0.15, 0.2) is 0 Å². The molecule has 1 aromatic heterocycles. The molecule has 120 valence electrons. The average molecular weight is 437 g/mol. The smallest absolute Gasteiger partial charge is 0.0843 e. The second-order valence-electron chi connectivity index (χ2n) is 7.47. The molecule has 4 heteroatoms. The van der Waals surface area contributed by atoms with Gasteiger partial charge in [0.1, 0.15) is 0 Å². The van der Waals surface area contributed by atoms with Gasteiger partial charge in [-0.3, -0.25) is 0 Å². The lowest BCUT2D eigenvalue weighted by Gasteiger charge is -2.31. The van der Waals surface area contributed by atoms with Gasteiger partial charge in [0.25, 0.3) is 0 Å². The summed E-state index contributed by atoms with van der Waals surface area (Å²) in [4.78, 5) is 1.50. The van der Waals surface area contributed by atoms with Crippen molar-refractivity contribution in [3.05, 3.63) is 19.2 Å². The summed E-state index contributed by atoms with van der Waals surface area (Å²) in [5.41, 5.74) is 0.824. The van der Waals surface area contributed by atoms with Crippen molar-refractivity contribution < 1.29 is 0 Å². The zero-order valence-electron chi connectivity index (χ0n) is 13.4. The molecule has 0 saturated heterocycles. The molecule has 1 fully saturated rings. The van der Waals surface area contributed by atoms with Crippen LogP contribution in [0.5, 0.6) is 0 Å². The lowest BCUT2D eigenvalue weighted by molar-refractivity contribution is 0.235. The fraction of sp³-hybridized carbons (Fsp3) is 0.765. The van der Waals surface area contributed by atoms with E-state index in [-0.39, 0.29) is 5.54 Å². The van der Waals surface area contributed by atoms with E-state index in [1.165, 1.54) is 58.1 Å². The Hall–Kier alpha value is 0.620. The maximum absolute atomic E-state index is 3.67. The van der Waals surface area contributed by atoms with E-state index in [1.54, 1.807) is 0 Å². The van der Waals surface area contributed by atoms with Crippen LogP contribution in [0.15, 0.2) is 14.3 Å². The molecule has 0 amide bonds. The standard InChI is InChI=1S/C17H27Br2NS/c1-16(2,3)20-11-10-17(7-4-5-8-17)9-6-13-12-14(18)15(19)21-13/h12,20H,4-11H2,1-3H3. The van der Waals surface area contributed by atoms with Gasteiger partial charge in [-0.1, -0.05) is 12.8 Å². The van der Waals surface area contributed by atoms with Crippen molar-refractivity contribution in [2.45, 2.75) is 71.3 Å². The molecule has 1 nitrogen and oxygen atoms in total. The summed E-state index contributed by atoms with van der Waals surface area (Å²) in [7, 11) is 0. The Labute approximate surface area is 150 Å². The number of hydrogen-bond acceptors (Lipinski definition) is 2. The largest absolute Gasteiger partial charge is 0.312 e. The molecule has 1 heterocycles. The van der Waals surface area contributed by atoms with E-state index >= 15 is 0 Å². The second-order valence-corrected chi connectivity index (χ2v) is 10.8. The Kier molecular flexibility index (Phi) is 6.38. The molecule has 21 heavy (non-hydrogen) atoms. The van der Waals surface area contributed by atoms with Crippen molar-refractivity contribution in [3.63, 3.8) is 0 Å². The summed E-state index contributed by atoms with van der Waals surface area (Å²) in [6.07, 6.45) is 9.60. The van der Waals surface area contributed by atoms with Crippen LogP contribution in [-0.2, 0) is 6.42 Å². The van der Waals surface area contributed by atoms with E-state index in [1.807, 2.05) is 11.3 Å². The third kappa shape index (κ3) is 5.63. The van der Waals surface area contributed by atoms with Crippen LogP contribution in [0.2, 0.25) is 0 Å². The predicted octanol–water partition coefficient (Wildman–Crippen LogP) is 6.54. The van der Waals surface area contributed by atoms with Crippen molar-refractivity contribution in [1.82, 2.24) is 5.32 Å². The minimum absolute atomic E-state index is 0.239. The Balaban J connectivity index is 1.89. The van der Waals surface area contributed by atoms with Crippen LogP contribution in [0, 0.1) is 5.41 Å². The number of hydrogen-bond donors (Lipinski definition) is 1. The molecule has 0 radical (unpaired) electrons. The minimum atomic E-state index is 0.239. The van der Waals surface area contributed by atoms with Gasteiger partial charge in [-0.2, -0.15) is 0 Å². The van der Waals surface area contributed by atoms with Crippen LogP contribution >= 0.6 is 43.2 Å². The molecule has 2 rings (SSSR count). The summed E-state index contributed by atoms with van der Waals surface area (Å²) in [5, 5.41) is 3.67. The van der Waals surface area contributed by atoms with Crippen molar-refractivity contribution in [2.75, 3.05) is 6.54 Å². The van der Waals surface area contributed by atoms with E-state index in [0.717, 1.165) is 6.54 Å². The molecule has 0 spiro atoms. The molecule has 0 aliphatic heterocycles. The first-order chi connectivity index (χ1) is 9.80. The Morgan fingerprint density at radius 3 is 2.38 bits per heavy atom. The normalized spacial score (nSPS) is 18.3. The highest BCUT2D eigenvalue weighted by molar-refractivity contribution is 9.13. The maximum atomic E-state index is 3.67. The Bertz CT molecular complexity index is 436. The first kappa shape index (κ1) is 18.0. The number of halogens is 2. The van der Waals surface area contributed by atoms with E-state index in [2.05, 4.69) is 64.0 Å². The van der Waals surface area contributed by atoms with Gasteiger partial charge in [0.2, 0.25) is 0 Å². The molecule has 1 N–H and O–H groups in total. The van der Waals surface area contributed by atoms with Crippen molar-refractivity contribution in [1.29, 1.82) is 0 Å². The summed E-state index contributed by atoms with van der Waals surface area (Å²) in [5.74, 6) is 0. The highest BCUT2D eigenvalue weighted by Crippen LogP contribution is 2.45. The third-order valence-corrected chi connectivity index (χ3v) is 7.89. The molecular formula is C17H27Br2NS. The summed E-state index contributed by atoms with van der Waals surface area (Å²) >= 11 is 9.09. The third-order valence-electron chi connectivity index (χ3n) is 4.57. The number of aryl methyl sites for hydroxylation is 1. The average Bonchev–Trinajstić information content (AvgIpc) is 2.95. The maximum Gasteiger partial charge on any atom is 0.0843 e. The van der Waals surface area contributed by atoms with E-state index < -0.39 is 0 Å². The van der Waals surface area contributed by atoms with Crippen LogP contribution in [0.1, 0.15) is 64.2 Å². The molecule has 1 aromatic rings. The van der Waals surface area contributed by atoms with E-state index in [4.69, 9.17) is 0 Å². The molecule has 0 bridgehead atoms. The van der Waals surface area contributed by atoms with Crippen molar-refractivity contribution in [3.8, 4) is 0 Å². The monoisotopic (exact) mass is 435 g/mol. The van der Waals surface area contributed by atoms with Gasteiger partial charge in [0.05, 0.1) is 3.79 Å². The fourth-order valence-electron chi connectivity index (χ4n) is 3.36. The van der Waals surface area contributed by atoms with Crippen molar-refractivity contribution >= 4 is 43.2 Å². The van der Waals surface area contributed by atoms with E-state index in [0.29, 0.717) is 5.41 Å². The molecule has 0 aromatic carbocycles. The molecule has 0 atom stereocenters. The zero-order valence-corrected chi connectivity index (χ0v) is 17.4. The molecule has 1 aliphatic rings. The summed E-state index contributed by atoms with van der Waals surface area (Å²) in [6.45, 7) is 7.93. The summed E-state index contributed by atoms with van der Waals surface area (Å²) < 4.78 is 2.43. The quantitative estimate of drug-likeness (QED) is 0.533. The predicted molar refractivity (Wildman–Crippen MR) is 101 cm³/mol. The minimum Gasteiger partial charge on any atom is -0.312 e. The van der Waals surface area contributed by atoms with Crippen LogP contribution in [0.4, 0.5) is 0 Å². The molecule has 1 aliphatic carbocycles. The summed E-state index contributed by atoms with van der Waals surface area (Å²) in [6, 6.07) is 2.28. The van der Waals surface area contributed by atoms with Crippen LogP contribution < -0.4 is 5.32 Å². The van der Waals surface area contributed by atoms with E-state index in [9.17, 15) is 0 Å². The molecule has 1 saturated carbocycles. The Morgan fingerprint density at radius 2 is 1.86 bits per heavy atom. The number of thiophene rings is 1. The van der Waals surface area contributed by atoms with Gasteiger partial charge in [-0.05, 0) is 103 Å². The second kappa shape index (κ2) is 7.46. The lowest BCUT2D eigenvalue weighted by atomic mass is 9.78.